The first kappa shape index (κ1) is 17.2. The van der Waals surface area contributed by atoms with Gasteiger partial charge in [-0.05, 0) is 45.6 Å². The van der Waals surface area contributed by atoms with Crippen LogP contribution < -0.4 is 0 Å². The fourth-order valence-corrected chi connectivity index (χ4v) is 3.80. The van der Waals surface area contributed by atoms with Gasteiger partial charge in [-0.15, -0.1) is 0 Å². The standard InChI is InChI=1S/C18H31N2O2/c1-14-12-17(15(2)19(14)10-11-22-5)18(21)13-20(3,4)16-8-6-7-9-16/h12,16H,6-11,13H2,1-5H3/q+1. The minimum absolute atomic E-state index is 0.272. The first-order valence-electron chi connectivity index (χ1n) is 8.38. The molecular formula is C18H31N2O2+. The van der Waals surface area contributed by atoms with E-state index in [1.807, 2.05) is 13.0 Å². The number of hydrogen-bond acceptors (Lipinski definition) is 2. The molecule has 0 unspecified atom stereocenters. The number of hydrogen-bond donors (Lipinski definition) is 0. The normalized spacial score (nSPS) is 16.4. The molecule has 1 aromatic rings. The molecule has 0 N–H and O–H groups in total. The second kappa shape index (κ2) is 6.97. The van der Waals surface area contributed by atoms with E-state index in [2.05, 4.69) is 25.6 Å². The minimum atomic E-state index is 0.272. The molecule has 1 heterocycles. The zero-order valence-electron chi connectivity index (χ0n) is 14.8. The molecule has 0 saturated heterocycles. The van der Waals surface area contributed by atoms with Gasteiger partial charge < -0.3 is 13.8 Å². The third-order valence-electron chi connectivity index (χ3n) is 5.26. The van der Waals surface area contributed by atoms with Gasteiger partial charge in [0, 0.05) is 30.6 Å². The molecule has 0 amide bonds. The number of ketones is 1. The molecule has 1 fully saturated rings. The van der Waals surface area contributed by atoms with Crippen molar-refractivity contribution >= 4 is 5.78 Å². The lowest BCUT2D eigenvalue weighted by molar-refractivity contribution is -0.906. The van der Waals surface area contributed by atoms with Gasteiger partial charge >= 0.3 is 0 Å². The van der Waals surface area contributed by atoms with Gasteiger partial charge in [-0.25, -0.2) is 0 Å². The maximum Gasteiger partial charge on any atom is 0.218 e. The Bertz CT molecular complexity index is 525. The highest BCUT2D eigenvalue weighted by Gasteiger charge is 2.34. The molecule has 0 spiro atoms. The highest BCUT2D eigenvalue weighted by molar-refractivity contribution is 5.98. The Morgan fingerprint density at radius 3 is 2.55 bits per heavy atom. The summed E-state index contributed by atoms with van der Waals surface area (Å²) in [7, 11) is 6.12. The Morgan fingerprint density at radius 1 is 1.32 bits per heavy atom. The van der Waals surface area contributed by atoms with E-state index in [0.29, 0.717) is 19.2 Å². The van der Waals surface area contributed by atoms with Crippen molar-refractivity contribution in [2.75, 3.05) is 34.4 Å². The van der Waals surface area contributed by atoms with Crippen molar-refractivity contribution in [2.24, 2.45) is 0 Å². The molecule has 1 aliphatic rings. The summed E-state index contributed by atoms with van der Waals surface area (Å²) in [6.45, 7) is 6.19. The van der Waals surface area contributed by atoms with Gasteiger partial charge in [0.2, 0.25) is 5.78 Å². The van der Waals surface area contributed by atoms with E-state index in [1.54, 1.807) is 7.11 Å². The average molecular weight is 307 g/mol. The molecule has 1 saturated carbocycles. The lowest BCUT2D eigenvalue weighted by Gasteiger charge is -2.35. The van der Waals surface area contributed by atoms with Crippen LogP contribution in [0.4, 0.5) is 0 Å². The van der Waals surface area contributed by atoms with Gasteiger partial charge in [0.25, 0.3) is 0 Å². The Balaban J connectivity index is 2.12. The van der Waals surface area contributed by atoms with Crippen molar-refractivity contribution in [3.8, 4) is 0 Å². The van der Waals surface area contributed by atoms with E-state index < -0.39 is 0 Å². The summed E-state index contributed by atoms with van der Waals surface area (Å²) in [4.78, 5) is 12.8. The third-order valence-corrected chi connectivity index (χ3v) is 5.26. The largest absolute Gasteiger partial charge is 0.383 e. The monoisotopic (exact) mass is 307 g/mol. The summed E-state index contributed by atoms with van der Waals surface area (Å²) in [6.07, 6.45) is 5.14. The summed E-state index contributed by atoms with van der Waals surface area (Å²) < 4.78 is 8.17. The minimum Gasteiger partial charge on any atom is -0.383 e. The van der Waals surface area contributed by atoms with Crippen molar-refractivity contribution < 1.29 is 14.0 Å². The van der Waals surface area contributed by atoms with Gasteiger partial charge in [-0.3, -0.25) is 4.79 Å². The van der Waals surface area contributed by atoms with Crippen LogP contribution in [0.5, 0.6) is 0 Å². The quantitative estimate of drug-likeness (QED) is 0.573. The van der Waals surface area contributed by atoms with Gasteiger partial charge in [0.15, 0.2) is 0 Å². The molecule has 1 aliphatic carbocycles. The summed E-state index contributed by atoms with van der Waals surface area (Å²) >= 11 is 0. The van der Waals surface area contributed by atoms with Crippen LogP contribution in [0.1, 0.15) is 47.4 Å². The number of methoxy groups -OCH3 is 1. The highest BCUT2D eigenvalue weighted by atomic mass is 16.5. The molecular weight excluding hydrogens is 276 g/mol. The molecule has 0 bridgehead atoms. The molecule has 4 heteroatoms. The smallest absolute Gasteiger partial charge is 0.218 e. The van der Waals surface area contributed by atoms with Gasteiger partial charge in [0.05, 0.1) is 26.7 Å². The second-order valence-corrected chi connectivity index (χ2v) is 7.23. The summed E-state index contributed by atoms with van der Waals surface area (Å²) in [6, 6.07) is 2.68. The van der Waals surface area contributed by atoms with E-state index in [1.165, 1.54) is 25.7 Å². The zero-order valence-corrected chi connectivity index (χ0v) is 14.8. The van der Waals surface area contributed by atoms with E-state index in [-0.39, 0.29) is 5.78 Å². The van der Waals surface area contributed by atoms with E-state index >= 15 is 0 Å². The number of rotatable bonds is 7. The predicted octanol–water partition coefficient (Wildman–Crippen LogP) is 2.95. The van der Waals surface area contributed by atoms with Crippen LogP contribution in [0.2, 0.25) is 0 Å². The van der Waals surface area contributed by atoms with Gasteiger partial charge in [-0.2, -0.15) is 0 Å². The van der Waals surface area contributed by atoms with Crippen LogP contribution in [0.15, 0.2) is 6.07 Å². The summed E-state index contributed by atoms with van der Waals surface area (Å²) in [5.74, 6) is 0.272. The van der Waals surface area contributed by atoms with E-state index in [4.69, 9.17) is 4.74 Å². The average Bonchev–Trinajstić information content (AvgIpc) is 3.06. The number of aromatic nitrogens is 1. The molecule has 0 aromatic carbocycles. The van der Waals surface area contributed by atoms with Gasteiger partial charge in [-0.1, -0.05) is 0 Å². The molecule has 1 aromatic heterocycles. The van der Waals surface area contributed by atoms with Crippen molar-refractivity contribution in [1.29, 1.82) is 0 Å². The third kappa shape index (κ3) is 3.61. The molecule has 0 radical (unpaired) electrons. The van der Waals surface area contributed by atoms with Crippen molar-refractivity contribution in [3.05, 3.63) is 23.0 Å². The number of carbonyl (C=O) groups is 1. The van der Waals surface area contributed by atoms with Crippen LogP contribution >= 0.6 is 0 Å². The summed E-state index contributed by atoms with van der Waals surface area (Å²) in [5.41, 5.74) is 3.10. The van der Waals surface area contributed by atoms with Gasteiger partial charge in [0.1, 0.15) is 6.54 Å². The number of carbonyl (C=O) groups excluding carboxylic acids is 1. The van der Waals surface area contributed by atoms with E-state index in [9.17, 15) is 4.79 Å². The zero-order chi connectivity index (χ0) is 16.3. The van der Waals surface area contributed by atoms with Crippen molar-refractivity contribution in [2.45, 2.75) is 52.1 Å². The van der Waals surface area contributed by atoms with E-state index in [0.717, 1.165) is 28.0 Å². The van der Waals surface area contributed by atoms with Crippen molar-refractivity contribution in [1.82, 2.24) is 4.57 Å². The Morgan fingerprint density at radius 2 is 1.95 bits per heavy atom. The first-order chi connectivity index (χ1) is 10.4. The number of ether oxygens (including phenoxy) is 1. The number of quaternary nitrogens is 1. The number of Topliss-reactive ketones (excluding diaryl/α,β-unsaturated/α-hetero) is 1. The number of aryl methyl sites for hydroxylation is 1. The van der Waals surface area contributed by atoms with Crippen LogP contribution in [0, 0.1) is 13.8 Å². The van der Waals surface area contributed by atoms with Crippen LogP contribution in [-0.4, -0.2) is 55.2 Å². The van der Waals surface area contributed by atoms with Crippen molar-refractivity contribution in [3.63, 3.8) is 0 Å². The molecule has 0 aliphatic heterocycles. The molecule has 2 rings (SSSR count). The fourth-order valence-electron chi connectivity index (χ4n) is 3.80. The number of likely N-dealkylation sites (N-methyl/N-ethyl adjacent to an activating group) is 1. The van der Waals surface area contributed by atoms with Crippen LogP contribution in [-0.2, 0) is 11.3 Å². The predicted molar refractivity (Wildman–Crippen MR) is 89.3 cm³/mol. The summed E-state index contributed by atoms with van der Waals surface area (Å²) in [5, 5.41) is 0. The molecule has 0 atom stereocenters. The molecule has 22 heavy (non-hydrogen) atoms. The molecule has 4 nitrogen and oxygen atoms in total. The lowest BCUT2D eigenvalue weighted by Crippen LogP contribution is -2.50. The van der Waals surface area contributed by atoms with Crippen LogP contribution in [0.25, 0.3) is 0 Å². The topological polar surface area (TPSA) is 31.2 Å². The highest BCUT2D eigenvalue weighted by Crippen LogP contribution is 2.27. The Hall–Kier alpha value is -1.13. The maximum atomic E-state index is 12.8. The number of nitrogens with zero attached hydrogens (tertiary/aromatic N) is 2. The Labute approximate surface area is 134 Å². The SMILES string of the molecule is COCCn1c(C)cc(C(=O)C[N+](C)(C)C2CCCC2)c1C. The fraction of sp³-hybridized carbons (Fsp3) is 0.722. The lowest BCUT2D eigenvalue weighted by atomic mass is 10.1. The Kier molecular flexibility index (Phi) is 5.45. The molecule has 124 valence electrons. The van der Waals surface area contributed by atoms with Crippen LogP contribution in [0.3, 0.4) is 0 Å². The second-order valence-electron chi connectivity index (χ2n) is 7.23. The maximum absolute atomic E-state index is 12.8. The first-order valence-corrected chi connectivity index (χ1v) is 8.38.